The van der Waals surface area contributed by atoms with E-state index < -0.39 is 0 Å². The average Bonchev–Trinajstić information content (AvgIpc) is 3.06. The molecule has 4 aliphatic carbocycles. The lowest BCUT2D eigenvalue weighted by Crippen LogP contribution is -2.50. The van der Waals surface area contributed by atoms with Crippen molar-refractivity contribution in [1.82, 2.24) is 0 Å². The Balaban J connectivity index is 1.42. The van der Waals surface area contributed by atoms with Crippen LogP contribution in [0.2, 0.25) is 0 Å². The third kappa shape index (κ3) is 2.84. The molecule has 6 atom stereocenters. The molecule has 1 unspecified atom stereocenters. The lowest BCUT2D eigenvalue weighted by atomic mass is 9.50. The van der Waals surface area contributed by atoms with Gasteiger partial charge in [0.15, 0.2) is 5.78 Å². The summed E-state index contributed by atoms with van der Waals surface area (Å²) in [5.74, 6) is 4.15. The van der Waals surface area contributed by atoms with Crippen molar-refractivity contribution in [2.75, 3.05) is 13.2 Å². The number of hydrogen-bond donors (Lipinski definition) is 0. The number of allylic oxidation sites excluding steroid dienone is 2. The summed E-state index contributed by atoms with van der Waals surface area (Å²) in [6.07, 6.45) is 14.3. The minimum absolute atomic E-state index is 0.253. The maximum Gasteiger partial charge on any atom is 0.155 e. The first-order valence-electron chi connectivity index (χ1n) is 11.5. The molecule has 0 aromatic rings. The normalized spacial score (nSPS) is 42.8. The molecule has 0 saturated heterocycles. The van der Waals surface area contributed by atoms with E-state index in [1.54, 1.807) is 0 Å². The average molecular weight is 383 g/mol. The molecule has 152 valence electrons. The molecule has 5 rings (SSSR count). The summed E-state index contributed by atoms with van der Waals surface area (Å²) >= 11 is 0. The molecule has 0 bridgehead atoms. The summed E-state index contributed by atoms with van der Waals surface area (Å²) in [5, 5.41) is 0. The maximum absolute atomic E-state index is 11.9. The topological polar surface area (TPSA) is 35.5 Å². The number of ketones is 1. The Kier molecular flexibility index (Phi) is 4.77. The predicted molar refractivity (Wildman–Crippen MR) is 110 cm³/mol. The monoisotopic (exact) mass is 382 g/mol. The second kappa shape index (κ2) is 7.16. The van der Waals surface area contributed by atoms with E-state index in [0.29, 0.717) is 30.3 Å². The standard InChI is InChI=1S/C25H34O3/c1-3-25-15-16(2)24-20-7-5-18(26)14-17(20)4-6-21(24)22(25)8-9-23(25)28-19-10-12-27-13-11-19/h10,14,20-24H,2-9,11-13,15H2,1H3/t20?,21-,22-,23-,24+,25-/m0/s1. The van der Waals surface area contributed by atoms with Crippen LogP contribution in [0.5, 0.6) is 0 Å². The van der Waals surface area contributed by atoms with E-state index in [2.05, 4.69) is 19.6 Å². The SMILES string of the molecule is C=C1C[C@]2(CC)[C@@H](OC3=CCOCC3)CC[C@H]2[C@@H]2CCC3=CC(=O)CCC3[C@@H]12. The number of carbonyl (C=O) groups excluding carboxylic acids is 1. The van der Waals surface area contributed by atoms with Crippen molar-refractivity contribution in [3.05, 3.63) is 35.6 Å². The van der Waals surface area contributed by atoms with Gasteiger partial charge in [-0.1, -0.05) is 24.6 Å². The first-order chi connectivity index (χ1) is 13.6. The lowest BCUT2D eigenvalue weighted by Gasteiger charge is -2.55. The molecule has 3 fully saturated rings. The summed E-state index contributed by atoms with van der Waals surface area (Å²) < 4.78 is 12.1. The van der Waals surface area contributed by atoms with Gasteiger partial charge in [0.25, 0.3) is 0 Å². The molecule has 0 spiro atoms. The van der Waals surface area contributed by atoms with Gasteiger partial charge in [0.1, 0.15) is 6.10 Å². The van der Waals surface area contributed by atoms with Gasteiger partial charge < -0.3 is 9.47 Å². The lowest BCUT2D eigenvalue weighted by molar-refractivity contribution is -0.115. The van der Waals surface area contributed by atoms with Crippen LogP contribution in [-0.2, 0) is 14.3 Å². The van der Waals surface area contributed by atoms with Gasteiger partial charge in [-0.05, 0) is 80.8 Å². The van der Waals surface area contributed by atoms with Crippen molar-refractivity contribution in [3.63, 3.8) is 0 Å². The molecule has 0 aromatic heterocycles. The van der Waals surface area contributed by atoms with Gasteiger partial charge in [0.05, 0.1) is 19.0 Å². The molecule has 0 radical (unpaired) electrons. The zero-order valence-electron chi connectivity index (χ0n) is 17.3. The molecular weight excluding hydrogens is 348 g/mol. The fourth-order valence-electron chi connectivity index (χ4n) is 7.55. The highest BCUT2D eigenvalue weighted by Crippen LogP contribution is 2.65. The largest absolute Gasteiger partial charge is 0.494 e. The van der Waals surface area contributed by atoms with E-state index in [0.717, 1.165) is 56.3 Å². The third-order valence-electron chi connectivity index (χ3n) is 8.72. The summed E-state index contributed by atoms with van der Waals surface area (Å²) in [6.45, 7) is 8.49. The van der Waals surface area contributed by atoms with Crippen LogP contribution >= 0.6 is 0 Å². The molecule has 28 heavy (non-hydrogen) atoms. The molecule has 0 N–H and O–H groups in total. The number of rotatable bonds is 3. The van der Waals surface area contributed by atoms with E-state index in [1.165, 1.54) is 36.8 Å². The van der Waals surface area contributed by atoms with E-state index >= 15 is 0 Å². The molecule has 5 aliphatic rings. The Morgan fingerprint density at radius 1 is 1.21 bits per heavy atom. The molecule has 3 nitrogen and oxygen atoms in total. The van der Waals surface area contributed by atoms with Crippen molar-refractivity contribution < 1.29 is 14.3 Å². The maximum atomic E-state index is 11.9. The first kappa shape index (κ1) is 18.7. The highest BCUT2D eigenvalue weighted by Gasteiger charge is 2.59. The minimum Gasteiger partial charge on any atom is -0.494 e. The summed E-state index contributed by atoms with van der Waals surface area (Å²) in [5.41, 5.74) is 3.13. The second-order valence-corrected chi connectivity index (χ2v) is 9.77. The van der Waals surface area contributed by atoms with Gasteiger partial charge in [-0.25, -0.2) is 0 Å². The third-order valence-corrected chi connectivity index (χ3v) is 8.72. The van der Waals surface area contributed by atoms with Crippen LogP contribution in [0, 0.1) is 29.1 Å². The number of fused-ring (bicyclic) bond motifs is 5. The molecule has 3 heteroatoms. The fourth-order valence-corrected chi connectivity index (χ4v) is 7.55. The Morgan fingerprint density at radius 3 is 2.89 bits per heavy atom. The number of ether oxygens (including phenoxy) is 2. The van der Waals surface area contributed by atoms with Gasteiger partial charge >= 0.3 is 0 Å². The zero-order valence-corrected chi connectivity index (χ0v) is 17.3. The van der Waals surface area contributed by atoms with Crippen LogP contribution in [0.15, 0.2) is 35.6 Å². The van der Waals surface area contributed by atoms with Crippen LogP contribution in [0.4, 0.5) is 0 Å². The molecule has 0 amide bonds. The Morgan fingerprint density at radius 2 is 2.11 bits per heavy atom. The summed E-state index contributed by atoms with van der Waals surface area (Å²) in [7, 11) is 0. The van der Waals surface area contributed by atoms with Gasteiger partial charge in [0, 0.05) is 18.3 Å². The highest BCUT2D eigenvalue weighted by molar-refractivity contribution is 5.91. The molecule has 1 heterocycles. The number of carbonyl (C=O) groups is 1. The van der Waals surface area contributed by atoms with Crippen molar-refractivity contribution in [1.29, 1.82) is 0 Å². The fraction of sp³-hybridized carbons (Fsp3) is 0.720. The first-order valence-corrected chi connectivity index (χ1v) is 11.5. The van der Waals surface area contributed by atoms with E-state index in [4.69, 9.17) is 9.47 Å². The summed E-state index contributed by atoms with van der Waals surface area (Å²) in [4.78, 5) is 11.9. The van der Waals surface area contributed by atoms with Crippen molar-refractivity contribution in [2.45, 2.75) is 70.8 Å². The molecule has 3 saturated carbocycles. The second-order valence-electron chi connectivity index (χ2n) is 9.77. The van der Waals surface area contributed by atoms with Gasteiger partial charge in [-0.3, -0.25) is 4.79 Å². The van der Waals surface area contributed by atoms with Crippen molar-refractivity contribution in [2.24, 2.45) is 29.1 Å². The Hall–Kier alpha value is -1.35. The van der Waals surface area contributed by atoms with E-state index in [9.17, 15) is 4.79 Å². The highest BCUT2D eigenvalue weighted by atomic mass is 16.5. The van der Waals surface area contributed by atoms with Gasteiger partial charge in [-0.15, -0.1) is 0 Å². The predicted octanol–water partition coefficient (Wildman–Crippen LogP) is 5.37. The molecule has 1 aliphatic heterocycles. The van der Waals surface area contributed by atoms with Crippen molar-refractivity contribution >= 4 is 5.78 Å². The van der Waals surface area contributed by atoms with Crippen LogP contribution < -0.4 is 0 Å². The summed E-state index contributed by atoms with van der Waals surface area (Å²) in [6, 6.07) is 0. The van der Waals surface area contributed by atoms with Crippen LogP contribution in [0.3, 0.4) is 0 Å². The van der Waals surface area contributed by atoms with E-state index in [1.807, 2.05) is 6.08 Å². The number of hydrogen-bond acceptors (Lipinski definition) is 3. The van der Waals surface area contributed by atoms with Gasteiger partial charge in [-0.2, -0.15) is 0 Å². The Labute approximate surface area is 169 Å². The Bertz CT molecular complexity index is 732. The van der Waals surface area contributed by atoms with Crippen LogP contribution in [0.1, 0.15) is 64.7 Å². The van der Waals surface area contributed by atoms with Gasteiger partial charge in [0.2, 0.25) is 0 Å². The quantitative estimate of drug-likeness (QED) is 0.615. The minimum atomic E-state index is 0.253. The van der Waals surface area contributed by atoms with Crippen molar-refractivity contribution in [3.8, 4) is 0 Å². The molecule has 0 aromatic carbocycles. The van der Waals surface area contributed by atoms with E-state index in [-0.39, 0.29) is 5.41 Å². The van der Waals surface area contributed by atoms with Crippen LogP contribution in [-0.4, -0.2) is 25.1 Å². The zero-order chi connectivity index (χ0) is 19.3. The molecular formula is C25H34O3. The smallest absolute Gasteiger partial charge is 0.155 e. The van der Waals surface area contributed by atoms with Crippen LogP contribution in [0.25, 0.3) is 0 Å².